The van der Waals surface area contributed by atoms with E-state index in [1.807, 2.05) is 0 Å². The van der Waals surface area contributed by atoms with Crippen molar-refractivity contribution < 1.29 is 13.9 Å². The van der Waals surface area contributed by atoms with Crippen molar-refractivity contribution in [3.63, 3.8) is 0 Å². The highest BCUT2D eigenvalue weighted by Gasteiger charge is 2.16. The lowest BCUT2D eigenvalue weighted by molar-refractivity contribution is -0.138. The third-order valence-corrected chi connectivity index (χ3v) is 2.81. The molecule has 0 aliphatic carbocycles. The summed E-state index contributed by atoms with van der Waals surface area (Å²) in [6.45, 7) is 0.0420. The maximum absolute atomic E-state index is 11.3. The maximum Gasteiger partial charge on any atom is 0.325 e. The number of carbonyl (C=O) groups is 1. The zero-order valence-electron chi connectivity index (χ0n) is 10.7. The van der Waals surface area contributed by atoms with Crippen LogP contribution in [0.2, 0.25) is 0 Å². The Kier molecular flexibility index (Phi) is 3.08. The Morgan fingerprint density at radius 2 is 2.45 bits per heavy atom. The lowest BCUT2D eigenvalue weighted by Crippen LogP contribution is -2.16. The van der Waals surface area contributed by atoms with E-state index in [0.717, 1.165) is 0 Å². The zero-order chi connectivity index (χ0) is 13.9. The normalized spacial score (nSPS) is 10.7. The number of ether oxygens (including phenoxy) is 1. The topological polar surface area (TPSA) is 81.7 Å². The molecular formula is C13H12N4O3. The number of hydrogen-bond acceptors (Lipinski definition) is 6. The van der Waals surface area contributed by atoms with Crippen molar-refractivity contribution >= 4 is 17.4 Å². The van der Waals surface area contributed by atoms with E-state index < -0.39 is 0 Å². The Bertz CT molecular complexity index is 733. The summed E-state index contributed by atoms with van der Waals surface area (Å²) in [5.74, 6) is 0.906. The molecule has 20 heavy (non-hydrogen) atoms. The van der Waals surface area contributed by atoms with Crippen molar-refractivity contribution in [1.29, 1.82) is 0 Å². The molecule has 0 spiro atoms. The minimum atomic E-state index is -0.362. The van der Waals surface area contributed by atoms with Crippen LogP contribution in [-0.4, -0.2) is 34.0 Å². The van der Waals surface area contributed by atoms with Crippen LogP contribution < -0.4 is 5.32 Å². The molecule has 0 saturated carbocycles. The third kappa shape index (κ3) is 2.09. The number of anilines is 1. The number of nitrogens with one attached hydrogen (secondary N) is 1. The van der Waals surface area contributed by atoms with Crippen LogP contribution in [0.5, 0.6) is 0 Å². The molecule has 1 N–H and O–H groups in total. The van der Waals surface area contributed by atoms with Gasteiger partial charge in [-0.1, -0.05) is 0 Å². The van der Waals surface area contributed by atoms with Crippen LogP contribution in [0.15, 0.2) is 41.4 Å². The van der Waals surface area contributed by atoms with Crippen LogP contribution >= 0.6 is 0 Å². The highest BCUT2D eigenvalue weighted by molar-refractivity contribution is 5.79. The average molecular weight is 272 g/mol. The molecule has 0 fully saturated rings. The van der Waals surface area contributed by atoms with E-state index in [2.05, 4.69) is 20.0 Å². The number of imidazole rings is 1. The number of nitrogens with zero attached hydrogens (tertiary/aromatic N) is 3. The van der Waals surface area contributed by atoms with Gasteiger partial charge in [-0.05, 0) is 12.1 Å². The van der Waals surface area contributed by atoms with Gasteiger partial charge in [-0.25, -0.2) is 4.98 Å². The fraction of sp³-hybridized carbons (Fsp3) is 0.154. The molecule has 7 heteroatoms. The molecule has 0 radical (unpaired) electrons. The van der Waals surface area contributed by atoms with Crippen molar-refractivity contribution in [2.24, 2.45) is 0 Å². The molecule has 102 valence electrons. The summed E-state index contributed by atoms with van der Waals surface area (Å²) in [6, 6.07) is 3.58. The SMILES string of the molecule is COC(=O)CNc1c(-c2ccco2)nc2cnccn12. The summed E-state index contributed by atoms with van der Waals surface area (Å²) < 4.78 is 11.8. The van der Waals surface area contributed by atoms with Gasteiger partial charge >= 0.3 is 5.97 Å². The number of rotatable bonds is 4. The Morgan fingerprint density at radius 1 is 1.55 bits per heavy atom. The largest absolute Gasteiger partial charge is 0.468 e. The van der Waals surface area contributed by atoms with Gasteiger partial charge in [0.15, 0.2) is 11.4 Å². The molecule has 0 aromatic carbocycles. The first-order valence-electron chi connectivity index (χ1n) is 5.96. The number of fused-ring (bicyclic) bond motifs is 1. The molecule has 0 unspecified atom stereocenters. The molecule has 0 saturated heterocycles. The minimum absolute atomic E-state index is 0.0420. The van der Waals surface area contributed by atoms with E-state index >= 15 is 0 Å². The average Bonchev–Trinajstić information content (AvgIpc) is 3.11. The lowest BCUT2D eigenvalue weighted by atomic mass is 10.3. The molecule has 3 aromatic heterocycles. The van der Waals surface area contributed by atoms with Crippen LogP contribution in [0.3, 0.4) is 0 Å². The Balaban J connectivity index is 2.06. The van der Waals surface area contributed by atoms with Gasteiger partial charge in [0.25, 0.3) is 0 Å². The van der Waals surface area contributed by atoms with E-state index in [4.69, 9.17) is 4.42 Å². The molecule has 0 bridgehead atoms. The molecule has 7 nitrogen and oxygen atoms in total. The first-order valence-corrected chi connectivity index (χ1v) is 5.96. The van der Waals surface area contributed by atoms with Crippen LogP contribution in [0, 0.1) is 0 Å². The van der Waals surface area contributed by atoms with Crippen molar-refractivity contribution in [2.75, 3.05) is 19.0 Å². The van der Waals surface area contributed by atoms with Crippen LogP contribution in [0.1, 0.15) is 0 Å². The molecule has 3 rings (SSSR count). The van der Waals surface area contributed by atoms with Crippen LogP contribution in [0.25, 0.3) is 17.1 Å². The van der Waals surface area contributed by atoms with Crippen LogP contribution in [0.4, 0.5) is 5.82 Å². The van der Waals surface area contributed by atoms with Crippen LogP contribution in [-0.2, 0) is 9.53 Å². The zero-order valence-corrected chi connectivity index (χ0v) is 10.7. The second-order valence-corrected chi connectivity index (χ2v) is 4.02. The monoisotopic (exact) mass is 272 g/mol. The third-order valence-electron chi connectivity index (χ3n) is 2.81. The number of esters is 1. The second-order valence-electron chi connectivity index (χ2n) is 4.02. The Morgan fingerprint density at radius 3 is 3.20 bits per heavy atom. The van der Waals surface area contributed by atoms with Gasteiger partial charge in [0, 0.05) is 12.4 Å². The number of aromatic nitrogens is 3. The molecule has 3 aromatic rings. The number of furan rings is 1. The molecule has 3 heterocycles. The summed E-state index contributed by atoms with van der Waals surface area (Å²) in [4.78, 5) is 19.8. The summed E-state index contributed by atoms with van der Waals surface area (Å²) in [6.07, 6.45) is 6.61. The van der Waals surface area contributed by atoms with Gasteiger partial charge in [0.05, 0.1) is 19.6 Å². The summed E-state index contributed by atoms with van der Waals surface area (Å²) in [7, 11) is 1.34. The van der Waals surface area contributed by atoms with E-state index in [1.54, 1.807) is 41.4 Å². The summed E-state index contributed by atoms with van der Waals surface area (Å²) >= 11 is 0. The van der Waals surface area contributed by atoms with E-state index in [1.165, 1.54) is 7.11 Å². The minimum Gasteiger partial charge on any atom is -0.468 e. The fourth-order valence-corrected chi connectivity index (χ4v) is 1.89. The van der Waals surface area contributed by atoms with Gasteiger partial charge in [0.1, 0.15) is 18.1 Å². The van der Waals surface area contributed by atoms with E-state index in [9.17, 15) is 4.79 Å². The number of carbonyl (C=O) groups excluding carboxylic acids is 1. The van der Waals surface area contributed by atoms with Gasteiger partial charge in [0.2, 0.25) is 0 Å². The predicted molar refractivity (Wildman–Crippen MR) is 71.2 cm³/mol. The Hall–Kier alpha value is -2.83. The maximum atomic E-state index is 11.3. The first-order chi connectivity index (χ1) is 9.79. The molecular weight excluding hydrogens is 260 g/mol. The molecule has 0 amide bonds. The second kappa shape index (κ2) is 5.04. The van der Waals surface area contributed by atoms with Crippen molar-refractivity contribution in [3.05, 3.63) is 37.0 Å². The number of methoxy groups -OCH3 is 1. The highest BCUT2D eigenvalue weighted by atomic mass is 16.5. The molecule has 0 aliphatic heterocycles. The predicted octanol–water partition coefficient (Wildman–Crippen LogP) is 1.57. The Labute approximate surface area is 114 Å². The van der Waals surface area contributed by atoms with Crippen molar-refractivity contribution in [2.45, 2.75) is 0 Å². The van der Waals surface area contributed by atoms with Gasteiger partial charge in [-0.15, -0.1) is 0 Å². The summed E-state index contributed by atoms with van der Waals surface area (Å²) in [5.41, 5.74) is 1.28. The van der Waals surface area contributed by atoms with E-state index in [-0.39, 0.29) is 12.5 Å². The van der Waals surface area contributed by atoms with Crippen molar-refractivity contribution in [3.8, 4) is 11.5 Å². The van der Waals surface area contributed by atoms with Gasteiger partial charge in [-0.3, -0.25) is 14.2 Å². The standard InChI is InChI=1S/C13H12N4O3/c1-19-11(18)8-15-13-12(9-3-2-6-20-9)16-10-7-14-4-5-17(10)13/h2-7,15H,8H2,1H3. The quantitative estimate of drug-likeness (QED) is 0.726. The van der Waals surface area contributed by atoms with Gasteiger partial charge < -0.3 is 14.5 Å². The van der Waals surface area contributed by atoms with Gasteiger partial charge in [-0.2, -0.15) is 0 Å². The van der Waals surface area contributed by atoms with Crippen molar-refractivity contribution in [1.82, 2.24) is 14.4 Å². The highest BCUT2D eigenvalue weighted by Crippen LogP contribution is 2.28. The summed E-state index contributed by atoms with van der Waals surface area (Å²) in [5, 5.41) is 3.01. The van der Waals surface area contributed by atoms with E-state index in [0.29, 0.717) is 22.9 Å². The number of hydrogen-bond donors (Lipinski definition) is 1. The lowest BCUT2D eigenvalue weighted by Gasteiger charge is -2.06. The molecule has 0 atom stereocenters. The fourth-order valence-electron chi connectivity index (χ4n) is 1.89. The molecule has 0 aliphatic rings. The smallest absolute Gasteiger partial charge is 0.325 e. The first kappa shape index (κ1) is 12.2.